The van der Waals surface area contributed by atoms with Crippen molar-refractivity contribution >= 4 is 5.65 Å². The van der Waals surface area contributed by atoms with Gasteiger partial charge in [0.2, 0.25) is 0 Å². The lowest BCUT2D eigenvalue weighted by molar-refractivity contribution is 0.277. The smallest absolute Gasteiger partial charge is 0.258 e. The van der Waals surface area contributed by atoms with Crippen LogP contribution in [0.4, 0.5) is 0 Å². The quantitative estimate of drug-likeness (QED) is 0.674. The lowest BCUT2D eigenvalue weighted by Crippen LogP contribution is -2.14. The highest BCUT2D eigenvalue weighted by atomic mass is 16.3. The van der Waals surface area contributed by atoms with E-state index in [1.165, 1.54) is 10.5 Å². The molecule has 66 valence electrons. The largest absolute Gasteiger partial charge is 0.390 e. The molecule has 0 radical (unpaired) electrons. The van der Waals surface area contributed by atoms with Crippen molar-refractivity contribution in [1.29, 1.82) is 0 Å². The molecule has 0 unspecified atom stereocenters. The predicted octanol–water partition coefficient (Wildman–Crippen LogP) is 0.187. The molecule has 1 N–H and O–H groups in total. The van der Waals surface area contributed by atoms with E-state index in [-0.39, 0.29) is 12.2 Å². The molecule has 0 atom stereocenters. The first-order valence-corrected chi connectivity index (χ1v) is 3.89. The highest BCUT2D eigenvalue weighted by Crippen LogP contribution is 1.97. The van der Waals surface area contributed by atoms with E-state index in [0.29, 0.717) is 11.3 Å². The second-order valence-corrected chi connectivity index (χ2v) is 2.67. The first-order chi connectivity index (χ1) is 6.31. The Labute approximate surface area is 74.1 Å². The molecule has 4 heteroatoms. The third kappa shape index (κ3) is 1.31. The van der Waals surface area contributed by atoms with Crippen molar-refractivity contribution in [2.24, 2.45) is 0 Å². The molecule has 2 rings (SSSR count). The monoisotopic (exact) mass is 176 g/mol. The molecule has 0 aliphatic carbocycles. The minimum Gasteiger partial charge on any atom is -0.390 e. The van der Waals surface area contributed by atoms with Crippen LogP contribution in [-0.2, 0) is 6.61 Å². The number of aliphatic hydroxyl groups is 1. The lowest BCUT2D eigenvalue weighted by atomic mass is 10.4. The Bertz CT molecular complexity index is 490. The van der Waals surface area contributed by atoms with Gasteiger partial charge in [-0.2, -0.15) is 0 Å². The van der Waals surface area contributed by atoms with E-state index in [9.17, 15) is 4.79 Å². The number of nitrogens with zero attached hydrogens (tertiary/aromatic N) is 2. The molecular weight excluding hydrogens is 168 g/mol. The maximum atomic E-state index is 11.4. The maximum Gasteiger partial charge on any atom is 0.258 e. The highest BCUT2D eigenvalue weighted by molar-refractivity contribution is 5.37. The fourth-order valence-electron chi connectivity index (χ4n) is 1.18. The number of aliphatic hydroxyl groups excluding tert-OH is 1. The van der Waals surface area contributed by atoms with Crippen molar-refractivity contribution in [3.63, 3.8) is 0 Å². The number of fused-ring (bicyclic) bond motifs is 1. The Morgan fingerprint density at radius 2 is 2.31 bits per heavy atom. The van der Waals surface area contributed by atoms with E-state index in [2.05, 4.69) is 4.98 Å². The van der Waals surface area contributed by atoms with E-state index in [1.807, 2.05) is 0 Å². The van der Waals surface area contributed by atoms with Gasteiger partial charge in [0.25, 0.3) is 5.56 Å². The van der Waals surface area contributed by atoms with Crippen LogP contribution in [0, 0.1) is 0 Å². The topological polar surface area (TPSA) is 54.6 Å². The van der Waals surface area contributed by atoms with Gasteiger partial charge in [0.1, 0.15) is 5.65 Å². The van der Waals surface area contributed by atoms with Gasteiger partial charge in [-0.05, 0) is 12.1 Å². The van der Waals surface area contributed by atoms with Crippen LogP contribution in [0.1, 0.15) is 5.69 Å². The Morgan fingerprint density at radius 3 is 3.08 bits per heavy atom. The Morgan fingerprint density at radius 1 is 1.46 bits per heavy atom. The van der Waals surface area contributed by atoms with E-state index in [0.717, 1.165) is 0 Å². The van der Waals surface area contributed by atoms with Gasteiger partial charge in [-0.1, -0.05) is 6.07 Å². The summed E-state index contributed by atoms with van der Waals surface area (Å²) in [6, 6.07) is 6.60. The van der Waals surface area contributed by atoms with Crippen molar-refractivity contribution in [1.82, 2.24) is 9.38 Å². The van der Waals surface area contributed by atoms with Crippen LogP contribution in [0.5, 0.6) is 0 Å². The van der Waals surface area contributed by atoms with Gasteiger partial charge in [-0.3, -0.25) is 9.20 Å². The minimum atomic E-state index is -0.208. The van der Waals surface area contributed by atoms with Crippen LogP contribution in [-0.4, -0.2) is 14.5 Å². The second-order valence-electron chi connectivity index (χ2n) is 2.67. The van der Waals surface area contributed by atoms with Crippen LogP contribution in [0.25, 0.3) is 5.65 Å². The molecule has 0 saturated heterocycles. The molecule has 0 saturated carbocycles. The Kier molecular flexibility index (Phi) is 1.83. The van der Waals surface area contributed by atoms with Gasteiger partial charge in [-0.15, -0.1) is 0 Å². The van der Waals surface area contributed by atoms with Crippen molar-refractivity contribution in [2.45, 2.75) is 6.61 Å². The number of pyridine rings is 1. The van der Waals surface area contributed by atoms with Crippen molar-refractivity contribution in [3.8, 4) is 0 Å². The van der Waals surface area contributed by atoms with Crippen LogP contribution in [0.15, 0.2) is 35.3 Å². The Balaban J connectivity index is 2.85. The molecule has 13 heavy (non-hydrogen) atoms. The number of aromatic nitrogens is 2. The molecule has 0 aliphatic rings. The fraction of sp³-hybridized carbons (Fsp3) is 0.111. The van der Waals surface area contributed by atoms with E-state index < -0.39 is 0 Å². The molecule has 0 spiro atoms. The summed E-state index contributed by atoms with van der Waals surface area (Å²) in [6.45, 7) is -0.208. The summed E-state index contributed by atoms with van der Waals surface area (Å²) in [4.78, 5) is 15.4. The molecule has 0 aromatic carbocycles. The third-order valence-electron chi connectivity index (χ3n) is 1.79. The summed E-state index contributed by atoms with van der Waals surface area (Å²) in [6.07, 6.45) is 1.64. The summed E-state index contributed by atoms with van der Waals surface area (Å²) in [5.41, 5.74) is 0.782. The number of rotatable bonds is 1. The summed E-state index contributed by atoms with van der Waals surface area (Å²) in [7, 11) is 0. The molecule has 0 bridgehead atoms. The molecular formula is C9H8N2O2. The molecule has 2 heterocycles. The molecule has 2 aromatic rings. The van der Waals surface area contributed by atoms with Gasteiger partial charge in [0.15, 0.2) is 0 Å². The number of hydrogen-bond acceptors (Lipinski definition) is 3. The first-order valence-electron chi connectivity index (χ1n) is 3.89. The molecule has 0 fully saturated rings. The normalized spacial score (nSPS) is 10.5. The zero-order valence-electron chi connectivity index (χ0n) is 6.84. The van der Waals surface area contributed by atoms with E-state index >= 15 is 0 Å². The zero-order chi connectivity index (χ0) is 9.26. The SMILES string of the molecule is O=c1cc(CO)nc2ccccn12. The van der Waals surface area contributed by atoms with Gasteiger partial charge in [0.05, 0.1) is 12.3 Å². The number of hydrogen-bond donors (Lipinski definition) is 1. The molecule has 0 amide bonds. The first kappa shape index (κ1) is 7.94. The van der Waals surface area contributed by atoms with Crippen LogP contribution < -0.4 is 5.56 Å². The summed E-state index contributed by atoms with van der Waals surface area (Å²) in [5, 5.41) is 8.81. The van der Waals surface area contributed by atoms with Gasteiger partial charge in [0, 0.05) is 12.3 Å². The Hall–Kier alpha value is -1.68. The lowest BCUT2D eigenvalue weighted by Gasteiger charge is -2.00. The zero-order valence-corrected chi connectivity index (χ0v) is 6.84. The summed E-state index contributed by atoms with van der Waals surface area (Å²) in [5.74, 6) is 0. The summed E-state index contributed by atoms with van der Waals surface area (Å²) >= 11 is 0. The standard InChI is InChI=1S/C9H8N2O2/c12-6-7-5-9(13)11-4-2-1-3-8(11)10-7/h1-5,12H,6H2. The van der Waals surface area contributed by atoms with E-state index in [1.54, 1.807) is 24.4 Å². The van der Waals surface area contributed by atoms with Crippen LogP contribution in [0.3, 0.4) is 0 Å². The highest BCUT2D eigenvalue weighted by Gasteiger charge is 1.98. The summed E-state index contributed by atoms with van der Waals surface area (Å²) < 4.78 is 1.43. The van der Waals surface area contributed by atoms with Crippen LogP contribution in [0.2, 0.25) is 0 Å². The second kappa shape index (κ2) is 2.99. The van der Waals surface area contributed by atoms with Gasteiger partial charge >= 0.3 is 0 Å². The minimum absolute atomic E-state index is 0.172. The third-order valence-corrected chi connectivity index (χ3v) is 1.79. The predicted molar refractivity (Wildman–Crippen MR) is 47.4 cm³/mol. The van der Waals surface area contributed by atoms with Gasteiger partial charge < -0.3 is 5.11 Å². The van der Waals surface area contributed by atoms with Crippen LogP contribution >= 0.6 is 0 Å². The molecule has 2 aromatic heterocycles. The van der Waals surface area contributed by atoms with Crippen molar-refractivity contribution in [2.75, 3.05) is 0 Å². The maximum absolute atomic E-state index is 11.4. The average molecular weight is 176 g/mol. The van der Waals surface area contributed by atoms with Crippen molar-refractivity contribution < 1.29 is 5.11 Å². The molecule has 0 aliphatic heterocycles. The van der Waals surface area contributed by atoms with Crippen molar-refractivity contribution in [3.05, 3.63) is 46.5 Å². The average Bonchev–Trinajstić information content (AvgIpc) is 2.18. The van der Waals surface area contributed by atoms with E-state index in [4.69, 9.17) is 5.11 Å². The van der Waals surface area contributed by atoms with Gasteiger partial charge in [-0.25, -0.2) is 4.98 Å². The fourth-order valence-corrected chi connectivity index (χ4v) is 1.18. The molecule has 4 nitrogen and oxygen atoms in total.